The lowest BCUT2D eigenvalue weighted by molar-refractivity contribution is 0.102. The van der Waals surface area contributed by atoms with Crippen LogP contribution in [0.25, 0.3) is 10.9 Å². The van der Waals surface area contributed by atoms with Crippen LogP contribution in [0.5, 0.6) is 5.75 Å². The lowest BCUT2D eigenvalue weighted by Gasteiger charge is -2.08. The number of carbonyl (C=O) groups is 2. The van der Waals surface area contributed by atoms with Crippen LogP contribution in [0.2, 0.25) is 0 Å². The molecule has 2 N–H and O–H groups in total. The van der Waals surface area contributed by atoms with Gasteiger partial charge in [0.1, 0.15) is 5.75 Å². The molecule has 1 aromatic heterocycles. The molecular weight excluding hydrogens is 320 g/mol. The molecule has 0 spiro atoms. The van der Waals surface area contributed by atoms with Crippen molar-refractivity contribution in [3.63, 3.8) is 0 Å². The maximum Gasteiger partial charge on any atom is 0.513 e. The number of rotatable bonds is 4. The first-order valence-corrected chi connectivity index (χ1v) is 7.91. The van der Waals surface area contributed by atoms with Gasteiger partial charge in [0.2, 0.25) is 0 Å². The monoisotopic (exact) mass is 338 g/mol. The molecule has 1 amide bonds. The van der Waals surface area contributed by atoms with Gasteiger partial charge >= 0.3 is 6.16 Å². The molecule has 3 aromatic rings. The van der Waals surface area contributed by atoms with E-state index in [0.29, 0.717) is 11.3 Å². The number of H-pyrrole nitrogens is 1. The zero-order valence-electron chi connectivity index (χ0n) is 14.0. The van der Waals surface area contributed by atoms with Crippen molar-refractivity contribution in [3.05, 3.63) is 59.8 Å². The Kier molecular flexibility index (Phi) is 4.70. The molecule has 2 aromatic carbocycles. The Bertz CT molecular complexity index is 913. The van der Waals surface area contributed by atoms with Crippen LogP contribution < -0.4 is 10.1 Å². The lowest BCUT2D eigenvalue weighted by atomic mass is 10.1. The quantitative estimate of drug-likeness (QED) is 0.550. The second kappa shape index (κ2) is 7.09. The standard InChI is InChI=1S/C19H18N2O4/c1-3-24-19(23)25-14-9-7-13(8-10-14)18(22)21-17-6-4-5-16-15(17)11-12(2)20-16/h4-11,20H,3H2,1-2H3,(H,21,22). The van der Waals surface area contributed by atoms with Crippen LogP contribution in [-0.4, -0.2) is 23.7 Å². The van der Waals surface area contributed by atoms with Gasteiger partial charge in [0, 0.05) is 22.2 Å². The Morgan fingerprint density at radius 2 is 1.88 bits per heavy atom. The number of nitrogens with one attached hydrogen (secondary N) is 2. The number of carbonyl (C=O) groups excluding carboxylic acids is 2. The Morgan fingerprint density at radius 3 is 2.60 bits per heavy atom. The predicted octanol–water partition coefficient (Wildman–Crippen LogP) is 4.26. The van der Waals surface area contributed by atoms with Gasteiger partial charge < -0.3 is 19.8 Å². The molecule has 0 radical (unpaired) electrons. The maximum absolute atomic E-state index is 12.4. The number of ether oxygens (including phenoxy) is 2. The fourth-order valence-corrected chi connectivity index (χ4v) is 2.52. The summed E-state index contributed by atoms with van der Waals surface area (Å²) in [4.78, 5) is 27.0. The Hall–Kier alpha value is -3.28. The zero-order valence-corrected chi connectivity index (χ0v) is 14.0. The number of amides is 1. The molecule has 6 heteroatoms. The highest BCUT2D eigenvalue weighted by Crippen LogP contribution is 2.24. The van der Waals surface area contributed by atoms with E-state index in [9.17, 15) is 9.59 Å². The molecule has 3 rings (SSSR count). The molecule has 128 valence electrons. The van der Waals surface area contributed by atoms with Crippen molar-refractivity contribution < 1.29 is 19.1 Å². The van der Waals surface area contributed by atoms with Crippen LogP contribution >= 0.6 is 0 Å². The molecule has 0 saturated heterocycles. The van der Waals surface area contributed by atoms with Crippen molar-refractivity contribution in [2.24, 2.45) is 0 Å². The van der Waals surface area contributed by atoms with E-state index in [1.54, 1.807) is 31.2 Å². The number of aromatic nitrogens is 1. The fourth-order valence-electron chi connectivity index (χ4n) is 2.52. The molecule has 0 aliphatic carbocycles. The first kappa shape index (κ1) is 16.6. The largest absolute Gasteiger partial charge is 0.513 e. The van der Waals surface area contributed by atoms with Crippen molar-refractivity contribution in [1.29, 1.82) is 0 Å². The first-order chi connectivity index (χ1) is 12.1. The summed E-state index contributed by atoms with van der Waals surface area (Å²) in [6, 6.07) is 14.0. The average molecular weight is 338 g/mol. The second-order valence-electron chi connectivity index (χ2n) is 5.48. The van der Waals surface area contributed by atoms with Crippen LogP contribution in [0, 0.1) is 6.92 Å². The van der Waals surface area contributed by atoms with Crippen molar-refractivity contribution in [3.8, 4) is 5.75 Å². The zero-order chi connectivity index (χ0) is 17.8. The van der Waals surface area contributed by atoms with Crippen LogP contribution in [-0.2, 0) is 4.74 Å². The van der Waals surface area contributed by atoms with Gasteiger partial charge in [0.25, 0.3) is 5.91 Å². The lowest BCUT2D eigenvalue weighted by Crippen LogP contribution is -2.13. The third kappa shape index (κ3) is 3.80. The van der Waals surface area contributed by atoms with E-state index >= 15 is 0 Å². The van der Waals surface area contributed by atoms with Gasteiger partial charge in [-0.25, -0.2) is 4.79 Å². The molecule has 6 nitrogen and oxygen atoms in total. The van der Waals surface area contributed by atoms with E-state index in [-0.39, 0.29) is 12.5 Å². The highest BCUT2D eigenvalue weighted by atomic mass is 16.7. The van der Waals surface area contributed by atoms with Gasteiger partial charge in [0.15, 0.2) is 0 Å². The molecule has 0 aliphatic rings. The second-order valence-corrected chi connectivity index (χ2v) is 5.48. The average Bonchev–Trinajstić information content (AvgIpc) is 2.97. The number of aryl methyl sites for hydroxylation is 1. The number of hydrogen-bond donors (Lipinski definition) is 2. The SMILES string of the molecule is CCOC(=O)Oc1ccc(C(=O)Nc2cccc3[nH]c(C)cc23)cc1. The van der Waals surface area contributed by atoms with Crippen LogP contribution in [0.1, 0.15) is 23.0 Å². The van der Waals surface area contributed by atoms with Crippen LogP contribution in [0.4, 0.5) is 10.5 Å². The van der Waals surface area contributed by atoms with E-state index in [0.717, 1.165) is 22.3 Å². The third-order valence-corrected chi connectivity index (χ3v) is 3.63. The van der Waals surface area contributed by atoms with E-state index < -0.39 is 6.16 Å². The van der Waals surface area contributed by atoms with Gasteiger partial charge in [-0.05, 0) is 56.3 Å². The summed E-state index contributed by atoms with van der Waals surface area (Å²) >= 11 is 0. The summed E-state index contributed by atoms with van der Waals surface area (Å²) in [6.45, 7) is 3.90. The number of anilines is 1. The summed E-state index contributed by atoms with van der Waals surface area (Å²) in [7, 11) is 0. The number of aromatic amines is 1. The molecule has 0 bridgehead atoms. The van der Waals surface area contributed by atoms with Gasteiger partial charge in [-0.3, -0.25) is 4.79 Å². The number of hydrogen-bond acceptors (Lipinski definition) is 4. The van der Waals surface area contributed by atoms with Crippen LogP contribution in [0.15, 0.2) is 48.5 Å². The summed E-state index contributed by atoms with van der Waals surface area (Å²) < 4.78 is 9.67. The number of fused-ring (bicyclic) bond motifs is 1. The smallest absolute Gasteiger partial charge is 0.434 e. The molecular formula is C19H18N2O4. The minimum Gasteiger partial charge on any atom is -0.434 e. The fraction of sp³-hybridized carbons (Fsp3) is 0.158. The topological polar surface area (TPSA) is 80.4 Å². The summed E-state index contributed by atoms with van der Waals surface area (Å²) in [5, 5.41) is 3.86. The van der Waals surface area contributed by atoms with Crippen LogP contribution in [0.3, 0.4) is 0 Å². The molecule has 0 fully saturated rings. The Balaban J connectivity index is 1.73. The maximum atomic E-state index is 12.4. The van der Waals surface area contributed by atoms with Crippen molar-refractivity contribution in [2.45, 2.75) is 13.8 Å². The minimum absolute atomic E-state index is 0.240. The van der Waals surface area contributed by atoms with Gasteiger partial charge in [-0.15, -0.1) is 0 Å². The Labute approximate surface area is 144 Å². The summed E-state index contributed by atoms with van der Waals surface area (Å²) in [5.74, 6) is 0.0763. The molecule has 1 heterocycles. The summed E-state index contributed by atoms with van der Waals surface area (Å²) in [5.41, 5.74) is 3.19. The predicted molar refractivity (Wildman–Crippen MR) is 95.1 cm³/mol. The first-order valence-electron chi connectivity index (χ1n) is 7.91. The molecule has 0 aliphatic heterocycles. The van der Waals surface area contributed by atoms with Crippen molar-refractivity contribution in [2.75, 3.05) is 11.9 Å². The van der Waals surface area contributed by atoms with E-state index in [1.165, 1.54) is 0 Å². The molecule has 0 atom stereocenters. The summed E-state index contributed by atoms with van der Waals surface area (Å²) in [6.07, 6.45) is -0.769. The van der Waals surface area contributed by atoms with E-state index in [4.69, 9.17) is 9.47 Å². The van der Waals surface area contributed by atoms with Crippen molar-refractivity contribution >= 4 is 28.7 Å². The normalized spacial score (nSPS) is 10.5. The van der Waals surface area contributed by atoms with Gasteiger partial charge in [-0.2, -0.15) is 0 Å². The molecule has 0 unspecified atom stereocenters. The highest BCUT2D eigenvalue weighted by Gasteiger charge is 2.11. The van der Waals surface area contributed by atoms with Crippen molar-refractivity contribution in [1.82, 2.24) is 4.98 Å². The molecule has 25 heavy (non-hydrogen) atoms. The number of benzene rings is 2. The van der Waals surface area contributed by atoms with Gasteiger partial charge in [0.05, 0.1) is 12.3 Å². The highest BCUT2D eigenvalue weighted by molar-refractivity contribution is 6.09. The minimum atomic E-state index is -0.769. The third-order valence-electron chi connectivity index (χ3n) is 3.63. The van der Waals surface area contributed by atoms with E-state index in [2.05, 4.69) is 10.3 Å². The molecule has 0 saturated carbocycles. The van der Waals surface area contributed by atoms with E-state index in [1.807, 2.05) is 31.2 Å². The van der Waals surface area contributed by atoms with Gasteiger partial charge in [-0.1, -0.05) is 6.07 Å². The Morgan fingerprint density at radius 1 is 1.12 bits per heavy atom.